The van der Waals surface area contributed by atoms with Crippen molar-refractivity contribution in [2.24, 2.45) is 0 Å². The SMILES string of the molecule is CN(C)CC(=O)OCc1cc2c(cc1-c1ccccc1)OCO2. The Morgan fingerprint density at radius 2 is 1.83 bits per heavy atom. The lowest BCUT2D eigenvalue weighted by atomic mass is 9.99. The smallest absolute Gasteiger partial charge is 0.320 e. The van der Waals surface area contributed by atoms with Crippen LogP contribution >= 0.6 is 0 Å². The summed E-state index contributed by atoms with van der Waals surface area (Å²) in [6.07, 6.45) is 0. The molecule has 0 amide bonds. The predicted octanol–water partition coefficient (Wildman–Crippen LogP) is 2.69. The molecule has 1 heterocycles. The Hall–Kier alpha value is -2.53. The molecule has 0 fully saturated rings. The zero-order chi connectivity index (χ0) is 16.2. The molecule has 1 aliphatic rings. The molecule has 0 aliphatic carbocycles. The summed E-state index contributed by atoms with van der Waals surface area (Å²) in [5.74, 6) is 1.14. The molecular weight excluding hydrogens is 294 g/mol. The van der Waals surface area contributed by atoms with E-state index in [9.17, 15) is 4.79 Å². The van der Waals surface area contributed by atoms with E-state index in [4.69, 9.17) is 14.2 Å². The molecule has 0 atom stereocenters. The maximum atomic E-state index is 11.8. The standard InChI is InChI=1S/C18H19NO4/c1-19(2)10-18(20)21-11-14-8-16-17(23-12-22-16)9-15(14)13-6-4-3-5-7-13/h3-9H,10-12H2,1-2H3. The van der Waals surface area contributed by atoms with Crippen molar-refractivity contribution in [3.8, 4) is 22.6 Å². The molecule has 5 nitrogen and oxygen atoms in total. The van der Waals surface area contributed by atoms with E-state index in [1.165, 1.54) is 0 Å². The van der Waals surface area contributed by atoms with Crippen molar-refractivity contribution in [3.05, 3.63) is 48.0 Å². The van der Waals surface area contributed by atoms with Crippen molar-refractivity contribution in [1.29, 1.82) is 0 Å². The summed E-state index contributed by atoms with van der Waals surface area (Å²) in [4.78, 5) is 13.6. The summed E-state index contributed by atoms with van der Waals surface area (Å²) < 4.78 is 16.3. The Morgan fingerprint density at radius 1 is 1.13 bits per heavy atom. The third-order valence-corrected chi connectivity index (χ3v) is 3.52. The second-order valence-electron chi connectivity index (χ2n) is 5.63. The molecule has 0 aromatic heterocycles. The molecular formula is C18H19NO4. The lowest BCUT2D eigenvalue weighted by molar-refractivity contribution is -0.145. The molecule has 0 N–H and O–H groups in total. The van der Waals surface area contributed by atoms with Gasteiger partial charge in [0.25, 0.3) is 0 Å². The second kappa shape index (κ2) is 6.71. The van der Waals surface area contributed by atoms with Crippen molar-refractivity contribution in [2.75, 3.05) is 27.4 Å². The molecule has 5 heteroatoms. The fourth-order valence-corrected chi connectivity index (χ4v) is 2.45. The van der Waals surface area contributed by atoms with Crippen LogP contribution in [0.3, 0.4) is 0 Å². The topological polar surface area (TPSA) is 48.0 Å². The van der Waals surface area contributed by atoms with Crippen LogP contribution < -0.4 is 9.47 Å². The van der Waals surface area contributed by atoms with Crippen molar-refractivity contribution >= 4 is 5.97 Å². The highest BCUT2D eigenvalue weighted by Crippen LogP contribution is 2.39. The largest absolute Gasteiger partial charge is 0.460 e. The molecule has 0 radical (unpaired) electrons. The quantitative estimate of drug-likeness (QED) is 0.794. The molecule has 0 spiro atoms. The average Bonchev–Trinajstić information content (AvgIpc) is 2.99. The zero-order valence-electron chi connectivity index (χ0n) is 13.2. The monoisotopic (exact) mass is 313 g/mol. The Balaban J connectivity index is 1.87. The molecule has 2 aromatic rings. The number of likely N-dealkylation sites (N-methyl/N-ethyl adjacent to an activating group) is 1. The van der Waals surface area contributed by atoms with Crippen LogP contribution in [0, 0.1) is 0 Å². The van der Waals surface area contributed by atoms with Crippen molar-refractivity contribution in [2.45, 2.75) is 6.61 Å². The molecule has 0 unspecified atom stereocenters. The van der Waals surface area contributed by atoms with Crippen molar-refractivity contribution < 1.29 is 19.0 Å². The van der Waals surface area contributed by atoms with E-state index in [0.717, 1.165) is 16.7 Å². The first kappa shape index (κ1) is 15.4. The van der Waals surface area contributed by atoms with Crippen LogP contribution in [-0.4, -0.2) is 38.3 Å². The van der Waals surface area contributed by atoms with Crippen LogP contribution in [0.1, 0.15) is 5.56 Å². The second-order valence-corrected chi connectivity index (χ2v) is 5.63. The molecule has 23 heavy (non-hydrogen) atoms. The zero-order valence-corrected chi connectivity index (χ0v) is 13.2. The summed E-state index contributed by atoms with van der Waals surface area (Å²) in [5.41, 5.74) is 2.92. The minimum absolute atomic E-state index is 0.202. The van der Waals surface area contributed by atoms with Gasteiger partial charge in [-0.25, -0.2) is 0 Å². The lowest BCUT2D eigenvalue weighted by Crippen LogP contribution is -2.23. The van der Waals surface area contributed by atoms with Gasteiger partial charge < -0.3 is 14.2 Å². The van der Waals surface area contributed by atoms with Gasteiger partial charge in [0.2, 0.25) is 6.79 Å². The predicted molar refractivity (Wildman–Crippen MR) is 86.4 cm³/mol. The molecule has 0 bridgehead atoms. The minimum Gasteiger partial charge on any atom is -0.460 e. The van der Waals surface area contributed by atoms with Gasteiger partial charge in [-0.1, -0.05) is 30.3 Å². The normalized spacial score (nSPS) is 12.5. The first-order valence-electron chi connectivity index (χ1n) is 7.42. The summed E-state index contributed by atoms with van der Waals surface area (Å²) >= 11 is 0. The number of esters is 1. The molecule has 2 aromatic carbocycles. The highest BCUT2D eigenvalue weighted by Gasteiger charge is 2.19. The van der Waals surface area contributed by atoms with Crippen LogP contribution in [0.5, 0.6) is 11.5 Å². The number of fused-ring (bicyclic) bond motifs is 1. The van der Waals surface area contributed by atoms with Gasteiger partial charge in [0.15, 0.2) is 11.5 Å². The van der Waals surface area contributed by atoms with E-state index in [2.05, 4.69) is 0 Å². The summed E-state index contributed by atoms with van der Waals surface area (Å²) in [6.45, 7) is 0.673. The molecule has 120 valence electrons. The van der Waals surface area contributed by atoms with Crippen LogP contribution in [0.2, 0.25) is 0 Å². The number of ether oxygens (including phenoxy) is 3. The van der Waals surface area contributed by atoms with E-state index in [1.807, 2.05) is 56.6 Å². The van der Waals surface area contributed by atoms with Crippen molar-refractivity contribution in [3.63, 3.8) is 0 Å². The van der Waals surface area contributed by atoms with Gasteiger partial charge in [-0.05, 0) is 37.4 Å². The van der Waals surface area contributed by atoms with Gasteiger partial charge in [0, 0.05) is 5.56 Å². The fourth-order valence-electron chi connectivity index (χ4n) is 2.45. The molecule has 0 saturated carbocycles. The van der Waals surface area contributed by atoms with E-state index >= 15 is 0 Å². The maximum Gasteiger partial charge on any atom is 0.320 e. The lowest BCUT2D eigenvalue weighted by Gasteiger charge is -2.13. The van der Waals surface area contributed by atoms with E-state index in [-0.39, 0.29) is 25.9 Å². The molecule has 1 aliphatic heterocycles. The molecule has 0 saturated heterocycles. The first-order chi connectivity index (χ1) is 11.1. The first-order valence-corrected chi connectivity index (χ1v) is 7.42. The van der Waals surface area contributed by atoms with Crippen LogP contribution in [-0.2, 0) is 16.1 Å². The Labute approximate surface area is 135 Å². The Kier molecular flexibility index (Phi) is 4.48. The van der Waals surface area contributed by atoms with Crippen LogP contribution in [0.4, 0.5) is 0 Å². The van der Waals surface area contributed by atoms with Gasteiger partial charge in [0.05, 0.1) is 6.54 Å². The van der Waals surface area contributed by atoms with E-state index in [0.29, 0.717) is 11.5 Å². The van der Waals surface area contributed by atoms with Gasteiger partial charge >= 0.3 is 5.97 Å². The third kappa shape index (κ3) is 3.63. The third-order valence-electron chi connectivity index (χ3n) is 3.52. The van der Waals surface area contributed by atoms with Gasteiger partial charge in [-0.15, -0.1) is 0 Å². The highest BCUT2D eigenvalue weighted by molar-refractivity contribution is 5.74. The summed E-state index contributed by atoms with van der Waals surface area (Å²) in [5, 5.41) is 0. The average molecular weight is 313 g/mol. The van der Waals surface area contributed by atoms with Crippen molar-refractivity contribution in [1.82, 2.24) is 4.90 Å². The van der Waals surface area contributed by atoms with Crippen LogP contribution in [0.15, 0.2) is 42.5 Å². The van der Waals surface area contributed by atoms with Gasteiger partial charge in [-0.3, -0.25) is 9.69 Å². The van der Waals surface area contributed by atoms with Crippen LogP contribution in [0.25, 0.3) is 11.1 Å². The number of carbonyl (C=O) groups is 1. The number of nitrogens with zero attached hydrogens (tertiary/aromatic N) is 1. The number of rotatable bonds is 5. The Bertz CT molecular complexity index is 698. The minimum atomic E-state index is -0.258. The number of carbonyl (C=O) groups excluding carboxylic acids is 1. The summed E-state index contributed by atoms with van der Waals surface area (Å²) in [6, 6.07) is 13.8. The number of hydrogen-bond donors (Lipinski definition) is 0. The molecule has 3 rings (SSSR count). The Morgan fingerprint density at radius 3 is 2.52 bits per heavy atom. The van der Waals surface area contributed by atoms with E-state index < -0.39 is 0 Å². The number of hydrogen-bond acceptors (Lipinski definition) is 5. The van der Waals surface area contributed by atoms with Gasteiger partial charge in [0.1, 0.15) is 6.61 Å². The van der Waals surface area contributed by atoms with Gasteiger partial charge in [-0.2, -0.15) is 0 Å². The summed E-state index contributed by atoms with van der Waals surface area (Å²) in [7, 11) is 3.66. The fraction of sp³-hybridized carbons (Fsp3) is 0.278. The number of benzene rings is 2. The van der Waals surface area contributed by atoms with E-state index in [1.54, 1.807) is 4.90 Å². The maximum absolute atomic E-state index is 11.8. The highest BCUT2D eigenvalue weighted by atomic mass is 16.7.